The zero-order valence-electron chi connectivity index (χ0n) is 14.1. The van der Waals surface area contributed by atoms with Crippen LogP contribution in [0.1, 0.15) is 23.2 Å². The smallest absolute Gasteiger partial charge is 0.254 e. The molecule has 1 saturated heterocycles. The quantitative estimate of drug-likeness (QED) is 0.823. The molecule has 132 valence electrons. The maximum atomic E-state index is 12.8. The molecular weight excluding hydrogens is 338 g/mol. The number of rotatable bonds is 5. The number of amides is 1. The van der Waals surface area contributed by atoms with Gasteiger partial charge in [0.2, 0.25) is 0 Å². The number of carbonyl (C=O) groups is 1. The van der Waals surface area contributed by atoms with Crippen molar-refractivity contribution >= 4 is 15.7 Å². The predicted molar refractivity (Wildman–Crippen MR) is 95.5 cm³/mol. The number of hydrogen-bond acceptors (Lipinski definition) is 4. The van der Waals surface area contributed by atoms with Crippen LogP contribution in [0.15, 0.2) is 59.5 Å². The first-order valence-electron chi connectivity index (χ1n) is 8.24. The summed E-state index contributed by atoms with van der Waals surface area (Å²) in [6, 6.07) is 15.0. The molecule has 1 atom stereocenters. The summed E-state index contributed by atoms with van der Waals surface area (Å²) >= 11 is 0. The summed E-state index contributed by atoms with van der Waals surface area (Å²) in [6.45, 7) is 0.583. The van der Waals surface area contributed by atoms with Gasteiger partial charge in [0.05, 0.1) is 17.8 Å². The van der Waals surface area contributed by atoms with E-state index in [1.807, 2.05) is 0 Å². The summed E-state index contributed by atoms with van der Waals surface area (Å²) in [5.41, 5.74) is 0.546. The number of ether oxygens (including phenoxy) is 1. The molecule has 0 aliphatic carbocycles. The third-order valence-corrected chi connectivity index (χ3v) is 6.30. The Morgan fingerprint density at radius 2 is 1.80 bits per heavy atom. The second-order valence-corrected chi connectivity index (χ2v) is 8.15. The summed E-state index contributed by atoms with van der Waals surface area (Å²) in [7, 11) is -1.85. The van der Waals surface area contributed by atoms with Crippen LogP contribution < -0.4 is 4.74 Å². The molecule has 1 aliphatic rings. The van der Waals surface area contributed by atoms with E-state index in [-0.39, 0.29) is 17.7 Å². The van der Waals surface area contributed by atoms with E-state index in [9.17, 15) is 13.2 Å². The largest absolute Gasteiger partial charge is 0.497 e. The van der Waals surface area contributed by atoms with Crippen molar-refractivity contribution in [2.24, 2.45) is 0 Å². The third kappa shape index (κ3) is 3.85. The summed E-state index contributed by atoms with van der Waals surface area (Å²) in [4.78, 5) is 14.8. The minimum absolute atomic E-state index is 0.0427. The number of likely N-dealkylation sites (tertiary alicyclic amines) is 1. The van der Waals surface area contributed by atoms with Gasteiger partial charge in [-0.1, -0.05) is 18.2 Å². The maximum Gasteiger partial charge on any atom is 0.254 e. The molecule has 0 bridgehead atoms. The molecule has 2 aromatic rings. The molecule has 0 aromatic heterocycles. The molecular formula is C19H21NO4S. The highest BCUT2D eigenvalue weighted by molar-refractivity contribution is 7.91. The second-order valence-electron chi connectivity index (χ2n) is 6.12. The Morgan fingerprint density at radius 1 is 1.12 bits per heavy atom. The van der Waals surface area contributed by atoms with Crippen molar-refractivity contribution in [3.8, 4) is 5.75 Å². The number of benzene rings is 2. The molecule has 0 N–H and O–H groups in total. The molecule has 1 unspecified atom stereocenters. The zero-order valence-corrected chi connectivity index (χ0v) is 14.9. The minimum Gasteiger partial charge on any atom is -0.497 e. The molecule has 1 fully saturated rings. The molecule has 2 aromatic carbocycles. The van der Waals surface area contributed by atoms with E-state index in [0.717, 1.165) is 6.42 Å². The fourth-order valence-corrected chi connectivity index (χ4v) is 4.77. The molecule has 0 radical (unpaired) electrons. The Hall–Kier alpha value is -2.34. The minimum atomic E-state index is -3.42. The first-order valence-corrected chi connectivity index (χ1v) is 9.89. The number of carbonyl (C=O) groups excluding carboxylic acids is 1. The average Bonchev–Trinajstić information content (AvgIpc) is 3.09. The molecule has 1 amide bonds. The van der Waals surface area contributed by atoms with E-state index in [4.69, 9.17) is 4.74 Å². The summed E-state index contributed by atoms with van der Waals surface area (Å²) in [5.74, 6) is 0.508. The van der Waals surface area contributed by atoms with Crippen molar-refractivity contribution in [3.05, 3.63) is 60.2 Å². The van der Waals surface area contributed by atoms with Gasteiger partial charge in [0.25, 0.3) is 5.91 Å². The van der Waals surface area contributed by atoms with Gasteiger partial charge in [0.15, 0.2) is 9.84 Å². The lowest BCUT2D eigenvalue weighted by molar-refractivity contribution is 0.0749. The van der Waals surface area contributed by atoms with Crippen molar-refractivity contribution in [1.29, 1.82) is 0 Å². The van der Waals surface area contributed by atoms with E-state index in [2.05, 4.69) is 0 Å². The van der Waals surface area contributed by atoms with E-state index in [1.54, 1.807) is 66.6 Å². The molecule has 3 rings (SSSR count). The SMILES string of the molecule is COc1ccc(C(=O)N2CCCC2CS(=O)(=O)c2ccccc2)cc1. The Bertz CT molecular complexity index is 831. The molecule has 0 saturated carbocycles. The van der Waals surface area contributed by atoms with Crippen LogP contribution in [0.3, 0.4) is 0 Å². The lowest BCUT2D eigenvalue weighted by Gasteiger charge is -2.24. The Morgan fingerprint density at radius 3 is 2.44 bits per heavy atom. The van der Waals surface area contributed by atoms with E-state index in [0.29, 0.717) is 29.2 Å². The van der Waals surface area contributed by atoms with E-state index in [1.165, 1.54) is 0 Å². The highest BCUT2D eigenvalue weighted by Crippen LogP contribution is 2.24. The number of sulfone groups is 1. The standard InChI is InChI=1S/C19H21NO4S/c1-24-17-11-9-15(10-12-17)19(21)20-13-5-6-16(20)14-25(22,23)18-7-3-2-4-8-18/h2-4,7-12,16H,5-6,13-14H2,1H3. The molecule has 1 aliphatic heterocycles. The van der Waals surface area contributed by atoms with Crippen LogP contribution in [0.4, 0.5) is 0 Å². The highest BCUT2D eigenvalue weighted by atomic mass is 32.2. The van der Waals surface area contributed by atoms with Crippen LogP contribution in [0, 0.1) is 0 Å². The maximum absolute atomic E-state index is 12.8. The fraction of sp³-hybridized carbons (Fsp3) is 0.316. The van der Waals surface area contributed by atoms with Crippen LogP contribution in [0.2, 0.25) is 0 Å². The van der Waals surface area contributed by atoms with Crippen molar-refractivity contribution in [2.45, 2.75) is 23.8 Å². The first-order chi connectivity index (χ1) is 12.0. The normalized spacial score (nSPS) is 17.5. The molecule has 6 heteroatoms. The van der Waals surface area contributed by atoms with Crippen molar-refractivity contribution in [2.75, 3.05) is 19.4 Å². The van der Waals surface area contributed by atoms with Crippen molar-refractivity contribution < 1.29 is 17.9 Å². The lowest BCUT2D eigenvalue weighted by Crippen LogP contribution is -2.39. The number of hydrogen-bond donors (Lipinski definition) is 0. The van der Waals surface area contributed by atoms with Crippen LogP contribution in [-0.2, 0) is 9.84 Å². The summed E-state index contributed by atoms with van der Waals surface area (Å²) in [5, 5.41) is 0. The summed E-state index contributed by atoms with van der Waals surface area (Å²) in [6.07, 6.45) is 1.52. The Balaban J connectivity index is 1.77. The number of nitrogens with zero attached hydrogens (tertiary/aromatic N) is 1. The van der Waals surface area contributed by atoms with Crippen molar-refractivity contribution in [3.63, 3.8) is 0 Å². The molecule has 0 spiro atoms. The summed E-state index contributed by atoms with van der Waals surface area (Å²) < 4.78 is 30.3. The molecule has 25 heavy (non-hydrogen) atoms. The van der Waals surface area contributed by atoms with Crippen LogP contribution in [-0.4, -0.2) is 44.7 Å². The van der Waals surface area contributed by atoms with Crippen molar-refractivity contribution in [1.82, 2.24) is 4.90 Å². The Kier molecular flexibility index (Phi) is 5.08. The van der Waals surface area contributed by atoms with E-state index < -0.39 is 9.84 Å². The van der Waals surface area contributed by atoms with Gasteiger partial charge < -0.3 is 9.64 Å². The second kappa shape index (κ2) is 7.27. The van der Waals surface area contributed by atoms with Gasteiger partial charge in [-0.25, -0.2) is 8.42 Å². The fourth-order valence-electron chi connectivity index (χ4n) is 3.15. The first kappa shape index (κ1) is 17.5. The molecule has 5 nitrogen and oxygen atoms in total. The van der Waals surface area contributed by atoms with Gasteiger partial charge in [-0.3, -0.25) is 4.79 Å². The number of methoxy groups -OCH3 is 1. The topological polar surface area (TPSA) is 63.7 Å². The average molecular weight is 359 g/mol. The van der Waals surface area contributed by atoms with Crippen LogP contribution in [0.25, 0.3) is 0 Å². The molecule has 1 heterocycles. The van der Waals surface area contributed by atoms with Gasteiger partial charge in [-0.2, -0.15) is 0 Å². The van der Waals surface area contributed by atoms with Gasteiger partial charge in [0, 0.05) is 18.2 Å². The monoisotopic (exact) mass is 359 g/mol. The van der Waals surface area contributed by atoms with Gasteiger partial charge in [-0.15, -0.1) is 0 Å². The van der Waals surface area contributed by atoms with Crippen LogP contribution in [0.5, 0.6) is 5.75 Å². The zero-order chi connectivity index (χ0) is 17.9. The van der Waals surface area contributed by atoms with Gasteiger partial charge in [-0.05, 0) is 49.2 Å². The van der Waals surface area contributed by atoms with E-state index >= 15 is 0 Å². The third-order valence-electron chi connectivity index (χ3n) is 4.49. The lowest BCUT2D eigenvalue weighted by atomic mass is 10.1. The van der Waals surface area contributed by atoms with Crippen LogP contribution >= 0.6 is 0 Å². The Labute approximate surface area is 148 Å². The van der Waals surface area contributed by atoms with Gasteiger partial charge >= 0.3 is 0 Å². The highest BCUT2D eigenvalue weighted by Gasteiger charge is 2.33. The van der Waals surface area contributed by atoms with Gasteiger partial charge in [0.1, 0.15) is 5.75 Å². The predicted octanol–water partition coefficient (Wildman–Crippen LogP) is 2.77.